The minimum Gasteiger partial charge on any atom is -0.330 e. The Kier molecular flexibility index (Phi) is 4.51. The predicted octanol–water partition coefficient (Wildman–Crippen LogP) is 3.90. The van der Waals surface area contributed by atoms with E-state index >= 15 is 0 Å². The summed E-state index contributed by atoms with van der Waals surface area (Å²) in [5, 5.41) is 0.0711. The molecule has 0 bridgehead atoms. The first kappa shape index (κ1) is 14.0. The summed E-state index contributed by atoms with van der Waals surface area (Å²) in [7, 11) is 0. The first-order valence-corrected chi connectivity index (χ1v) is 6.38. The molecule has 2 rings (SSSR count). The maximum absolute atomic E-state index is 13.8. The minimum absolute atomic E-state index is 0.0711. The molecule has 1 atom stereocenters. The van der Waals surface area contributed by atoms with E-state index < -0.39 is 5.82 Å². The predicted molar refractivity (Wildman–Crippen MR) is 73.3 cm³/mol. The maximum Gasteiger partial charge on any atom is 0.144 e. The number of benzene rings is 2. The molecule has 4 heteroatoms. The van der Waals surface area contributed by atoms with Crippen molar-refractivity contribution in [1.29, 1.82) is 0 Å². The standard InChI is InChI=1S/C15H14ClF2N/c16-13-6-3-4-10(15(13)18)8-11(9-19)12-5-1-2-7-14(12)17/h1-7,11H,8-9,19H2. The smallest absolute Gasteiger partial charge is 0.144 e. The van der Waals surface area contributed by atoms with E-state index in [4.69, 9.17) is 17.3 Å². The van der Waals surface area contributed by atoms with Gasteiger partial charge in [-0.3, -0.25) is 0 Å². The van der Waals surface area contributed by atoms with Gasteiger partial charge in [0, 0.05) is 5.92 Å². The van der Waals surface area contributed by atoms with E-state index in [0.717, 1.165) is 0 Å². The molecule has 2 N–H and O–H groups in total. The third kappa shape index (κ3) is 3.11. The topological polar surface area (TPSA) is 26.0 Å². The first-order chi connectivity index (χ1) is 9.13. The molecule has 0 heterocycles. The summed E-state index contributed by atoms with van der Waals surface area (Å²) >= 11 is 5.74. The molecule has 0 aromatic heterocycles. The molecule has 0 saturated heterocycles. The van der Waals surface area contributed by atoms with Crippen LogP contribution in [0.15, 0.2) is 42.5 Å². The van der Waals surface area contributed by atoms with Crippen molar-refractivity contribution in [3.8, 4) is 0 Å². The van der Waals surface area contributed by atoms with Crippen molar-refractivity contribution in [3.05, 3.63) is 70.2 Å². The zero-order chi connectivity index (χ0) is 13.8. The van der Waals surface area contributed by atoms with Gasteiger partial charge in [0.05, 0.1) is 5.02 Å². The quantitative estimate of drug-likeness (QED) is 0.904. The number of nitrogens with two attached hydrogens (primary N) is 1. The summed E-state index contributed by atoms with van der Waals surface area (Å²) < 4.78 is 27.6. The Morgan fingerprint density at radius 1 is 1.05 bits per heavy atom. The molecule has 2 aromatic carbocycles. The van der Waals surface area contributed by atoms with E-state index in [0.29, 0.717) is 17.5 Å². The van der Waals surface area contributed by atoms with Crippen LogP contribution in [0, 0.1) is 11.6 Å². The van der Waals surface area contributed by atoms with E-state index in [1.807, 2.05) is 0 Å². The Balaban J connectivity index is 2.30. The molecule has 1 nitrogen and oxygen atoms in total. The number of rotatable bonds is 4. The highest BCUT2D eigenvalue weighted by atomic mass is 35.5. The molecule has 0 radical (unpaired) electrons. The molecule has 1 unspecified atom stereocenters. The van der Waals surface area contributed by atoms with Crippen LogP contribution in [0.4, 0.5) is 8.78 Å². The van der Waals surface area contributed by atoms with Crippen LogP contribution >= 0.6 is 11.6 Å². The normalized spacial score (nSPS) is 12.4. The highest BCUT2D eigenvalue weighted by Gasteiger charge is 2.17. The van der Waals surface area contributed by atoms with Crippen LogP contribution in [0.25, 0.3) is 0 Å². The SMILES string of the molecule is NCC(Cc1cccc(Cl)c1F)c1ccccc1F. The second-order valence-electron chi connectivity index (χ2n) is 4.37. The summed E-state index contributed by atoms with van der Waals surface area (Å²) in [6.45, 7) is 0.243. The lowest BCUT2D eigenvalue weighted by Gasteiger charge is -2.16. The summed E-state index contributed by atoms with van der Waals surface area (Å²) in [6.07, 6.45) is 0.323. The van der Waals surface area contributed by atoms with Gasteiger partial charge in [-0.05, 0) is 36.2 Å². The zero-order valence-electron chi connectivity index (χ0n) is 10.2. The Morgan fingerprint density at radius 2 is 1.79 bits per heavy atom. The first-order valence-electron chi connectivity index (χ1n) is 6.01. The van der Waals surface area contributed by atoms with E-state index in [1.165, 1.54) is 12.1 Å². The van der Waals surface area contributed by atoms with Gasteiger partial charge >= 0.3 is 0 Å². The van der Waals surface area contributed by atoms with Crippen LogP contribution in [-0.4, -0.2) is 6.54 Å². The third-order valence-electron chi connectivity index (χ3n) is 3.13. The second-order valence-corrected chi connectivity index (χ2v) is 4.78. The summed E-state index contributed by atoms with van der Waals surface area (Å²) in [6, 6.07) is 11.2. The fraction of sp³-hybridized carbons (Fsp3) is 0.200. The molecule has 0 aliphatic carbocycles. The largest absolute Gasteiger partial charge is 0.330 e. The molecule has 0 fully saturated rings. The third-order valence-corrected chi connectivity index (χ3v) is 3.42. The van der Waals surface area contributed by atoms with Crippen LogP contribution in [0.1, 0.15) is 17.0 Å². The van der Waals surface area contributed by atoms with Crippen LogP contribution < -0.4 is 5.73 Å². The van der Waals surface area contributed by atoms with Gasteiger partial charge in [-0.1, -0.05) is 41.9 Å². The van der Waals surface area contributed by atoms with Crippen LogP contribution in [0.3, 0.4) is 0 Å². The highest BCUT2D eigenvalue weighted by Crippen LogP contribution is 2.26. The molecule has 0 aliphatic rings. The average Bonchev–Trinajstić information content (AvgIpc) is 2.41. The van der Waals surface area contributed by atoms with E-state index in [2.05, 4.69) is 0 Å². The van der Waals surface area contributed by atoms with Crippen molar-refractivity contribution < 1.29 is 8.78 Å². The maximum atomic E-state index is 13.8. The molecule has 19 heavy (non-hydrogen) atoms. The molecule has 0 spiro atoms. The van der Waals surface area contributed by atoms with Crippen molar-refractivity contribution in [2.24, 2.45) is 5.73 Å². The molecule has 2 aromatic rings. The minimum atomic E-state index is -0.459. The molecule has 0 aliphatic heterocycles. The number of halogens is 3. The summed E-state index contributed by atoms with van der Waals surface area (Å²) in [5.41, 5.74) is 6.64. The molecule has 0 saturated carbocycles. The monoisotopic (exact) mass is 281 g/mol. The van der Waals surface area contributed by atoms with Gasteiger partial charge in [0.2, 0.25) is 0 Å². The van der Waals surface area contributed by atoms with Gasteiger partial charge in [0.1, 0.15) is 11.6 Å². The Morgan fingerprint density at radius 3 is 2.47 bits per heavy atom. The highest BCUT2D eigenvalue weighted by molar-refractivity contribution is 6.30. The molecule has 0 amide bonds. The Bertz CT molecular complexity index is 572. The average molecular weight is 282 g/mol. The summed E-state index contributed by atoms with van der Waals surface area (Å²) in [5.74, 6) is -1.05. The van der Waals surface area contributed by atoms with Crippen molar-refractivity contribution in [2.45, 2.75) is 12.3 Å². The second kappa shape index (κ2) is 6.13. The van der Waals surface area contributed by atoms with Crippen LogP contribution in [0.2, 0.25) is 5.02 Å². The van der Waals surface area contributed by atoms with Gasteiger partial charge in [0.15, 0.2) is 0 Å². The van der Waals surface area contributed by atoms with Gasteiger partial charge in [-0.2, -0.15) is 0 Å². The summed E-state index contributed by atoms with van der Waals surface area (Å²) in [4.78, 5) is 0. The Hall–Kier alpha value is -1.45. The van der Waals surface area contributed by atoms with Crippen LogP contribution in [0.5, 0.6) is 0 Å². The van der Waals surface area contributed by atoms with E-state index in [-0.39, 0.29) is 23.3 Å². The van der Waals surface area contributed by atoms with Gasteiger partial charge in [-0.25, -0.2) is 8.78 Å². The van der Waals surface area contributed by atoms with Gasteiger partial charge in [-0.15, -0.1) is 0 Å². The van der Waals surface area contributed by atoms with Crippen molar-refractivity contribution >= 4 is 11.6 Å². The fourth-order valence-electron chi connectivity index (χ4n) is 2.10. The lowest BCUT2D eigenvalue weighted by atomic mass is 9.91. The lowest BCUT2D eigenvalue weighted by Crippen LogP contribution is -2.17. The van der Waals surface area contributed by atoms with Crippen molar-refractivity contribution in [2.75, 3.05) is 6.54 Å². The Labute approximate surface area is 116 Å². The van der Waals surface area contributed by atoms with Crippen LogP contribution in [-0.2, 0) is 6.42 Å². The zero-order valence-corrected chi connectivity index (χ0v) is 11.0. The van der Waals surface area contributed by atoms with Crippen molar-refractivity contribution in [3.63, 3.8) is 0 Å². The fourth-order valence-corrected chi connectivity index (χ4v) is 2.29. The number of hydrogen-bond donors (Lipinski definition) is 1. The van der Waals surface area contributed by atoms with E-state index in [1.54, 1.807) is 30.3 Å². The molecular formula is C15H14ClF2N. The van der Waals surface area contributed by atoms with E-state index in [9.17, 15) is 8.78 Å². The molecule has 100 valence electrons. The molecular weight excluding hydrogens is 268 g/mol. The van der Waals surface area contributed by atoms with Gasteiger partial charge in [0.25, 0.3) is 0 Å². The van der Waals surface area contributed by atoms with Crippen molar-refractivity contribution in [1.82, 2.24) is 0 Å². The number of hydrogen-bond acceptors (Lipinski definition) is 1. The lowest BCUT2D eigenvalue weighted by molar-refractivity contribution is 0.559. The van der Waals surface area contributed by atoms with Gasteiger partial charge < -0.3 is 5.73 Å².